The zero-order chi connectivity index (χ0) is 15.5. The second-order valence-electron chi connectivity index (χ2n) is 6.21. The second kappa shape index (κ2) is 6.12. The van der Waals surface area contributed by atoms with Crippen molar-refractivity contribution in [1.29, 1.82) is 0 Å². The second-order valence-corrected chi connectivity index (χ2v) is 6.21. The number of benzene rings is 1. The Labute approximate surface area is 125 Å². The molecule has 1 fully saturated rings. The molecule has 4 heteroatoms. The van der Waals surface area contributed by atoms with Gasteiger partial charge in [-0.05, 0) is 32.8 Å². The number of ether oxygens (including phenoxy) is 1. The summed E-state index contributed by atoms with van der Waals surface area (Å²) in [6.45, 7) is 6.36. The molecule has 0 aliphatic carbocycles. The third-order valence-electron chi connectivity index (χ3n) is 3.13. The number of hydrogen-bond acceptors (Lipinski definition) is 3. The third kappa shape index (κ3) is 4.74. The summed E-state index contributed by atoms with van der Waals surface area (Å²) in [6, 6.07) is 7.62. The molecular weight excluding hydrogens is 266 g/mol. The molecule has 1 aliphatic heterocycles. The van der Waals surface area contributed by atoms with E-state index in [9.17, 15) is 9.59 Å². The molecule has 1 atom stereocenters. The van der Waals surface area contributed by atoms with Crippen LogP contribution in [0.2, 0.25) is 0 Å². The summed E-state index contributed by atoms with van der Waals surface area (Å²) in [5.41, 5.74) is 1.27. The van der Waals surface area contributed by atoms with Crippen LogP contribution in [0.4, 0.5) is 4.79 Å². The van der Waals surface area contributed by atoms with Gasteiger partial charge in [-0.1, -0.05) is 36.4 Å². The molecule has 1 aromatic carbocycles. The van der Waals surface area contributed by atoms with Gasteiger partial charge in [0.1, 0.15) is 11.9 Å². The van der Waals surface area contributed by atoms with E-state index in [0.717, 1.165) is 24.8 Å². The van der Waals surface area contributed by atoms with E-state index >= 15 is 0 Å². The van der Waals surface area contributed by atoms with Crippen molar-refractivity contribution < 1.29 is 14.3 Å². The van der Waals surface area contributed by atoms with Gasteiger partial charge >= 0.3 is 6.09 Å². The molecule has 1 saturated heterocycles. The highest BCUT2D eigenvalue weighted by molar-refractivity contribution is 5.75. The van der Waals surface area contributed by atoms with Crippen LogP contribution < -0.4 is 0 Å². The molecule has 2 rings (SSSR count). The first kappa shape index (κ1) is 15.3. The number of hydrogen-bond donors (Lipinski definition) is 0. The summed E-state index contributed by atoms with van der Waals surface area (Å²) in [4.78, 5) is 24.1. The molecule has 21 heavy (non-hydrogen) atoms. The van der Waals surface area contributed by atoms with Gasteiger partial charge < -0.3 is 9.64 Å². The van der Waals surface area contributed by atoms with Crippen molar-refractivity contribution in [3.05, 3.63) is 41.5 Å². The maximum absolute atomic E-state index is 11.8. The minimum Gasteiger partial charge on any atom is -0.444 e. The van der Waals surface area contributed by atoms with Crippen molar-refractivity contribution in [2.45, 2.75) is 38.8 Å². The topological polar surface area (TPSA) is 46.4 Å². The molecule has 4 nitrogen and oxygen atoms in total. The highest BCUT2D eigenvalue weighted by Gasteiger charge is 2.39. The normalized spacial score (nSPS) is 17.9. The number of rotatable bonds is 4. The Morgan fingerprint density at radius 1 is 1.29 bits per heavy atom. The van der Waals surface area contributed by atoms with E-state index in [1.54, 1.807) is 17.0 Å². The smallest absolute Gasteiger partial charge is 0.410 e. The largest absolute Gasteiger partial charge is 0.444 e. The molecule has 0 bridgehead atoms. The van der Waals surface area contributed by atoms with Crippen LogP contribution in [0.15, 0.2) is 30.3 Å². The molecule has 0 N–H and O–H groups in total. The van der Waals surface area contributed by atoms with Crippen LogP contribution in [0, 0.1) is 0 Å². The predicted molar refractivity (Wildman–Crippen MR) is 82.2 cm³/mol. The SMILES string of the molecule is CC(C)(C)OC(=O)N1C[C@@H]1C/C=C/c1ccc(C=O)cc1. The summed E-state index contributed by atoms with van der Waals surface area (Å²) in [6.07, 6.45) is 5.45. The lowest BCUT2D eigenvalue weighted by Crippen LogP contribution is -2.27. The Kier molecular flexibility index (Phi) is 4.46. The first-order chi connectivity index (χ1) is 9.89. The van der Waals surface area contributed by atoms with Gasteiger partial charge in [0.2, 0.25) is 0 Å². The highest BCUT2D eigenvalue weighted by atomic mass is 16.6. The summed E-state index contributed by atoms with van der Waals surface area (Å²) in [5.74, 6) is 0. The lowest BCUT2D eigenvalue weighted by molar-refractivity contribution is 0.0407. The number of amides is 1. The first-order valence-electron chi connectivity index (χ1n) is 7.10. The van der Waals surface area contributed by atoms with Crippen LogP contribution in [-0.4, -0.2) is 35.5 Å². The molecule has 1 aliphatic rings. The molecule has 0 unspecified atom stereocenters. The fourth-order valence-corrected chi connectivity index (χ4v) is 1.97. The average Bonchev–Trinajstić information content (AvgIpc) is 3.17. The van der Waals surface area contributed by atoms with E-state index in [-0.39, 0.29) is 12.1 Å². The van der Waals surface area contributed by atoms with Crippen LogP contribution in [0.1, 0.15) is 43.1 Å². The van der Waals surface area contributed by atoms with Gasteiger partial charge in [0, 0.05) is 12.1 Å². The molecular formula is C17H21NO3. The summed E-state index contributed by atoms with van der Waals surface area (Å²) in [7, 11) is 0. The Morgan fingerprint density at radius 3 is 2.48 bits per heavy atom. The van der Waals surface area contributed by atoms with Gasteiger partial charge in [-0.3, -0.25) is 4.79 Å². The van der Waals surface area contributed by atoms with Gasteiger partial charge in [-0.25, -0.2) is 4.79 Å². The van der Waals surface area contributed by atoms with Crippen molar-refractivity contribution in [2.24, 2.45) is 0 Å². The van der Waals surface area contributed by atoms with E-state index in [1.807, 2.05) is 45.1 Å². The molecule has 0 aromatic heterocycles. The van der Waals surface area contributed by atoms with E-state index in [4.69, 9.17) is 4.74 Å². The molecule has 1 heterocycles. The van der Waals surface area contributed by atoms with Gasteiger partial charge in [0.15, 0.2) is 0 Å². The minimum atomic E-state index is -0.444. The lowest BCUT2D eigenvalue weighted by atomic mass is 10.1. The predicted octanol–water partition coefficient (Wildman–Crippen LogP) is 3.52. The van der Waals surface area contributed by atoms with E-state index in [2.05, 4.69) is 0 Å². The van der Waals surface area contributed by atoms with Gasteiger partial charge in [-0.2, -0.15) is 0 Å². The number of carbonyl (C=O) groups excluding carboxylic acids is 2. The minimum absolute atomic E-state index is 0.240. The van der Waals surface area contributed by atoms with Crippen LogP contribution in [0.5, 0.6) is 0 Å². The summed E-state index contributed by atoms with van der Waals surface area (Å²) in [5, 5.41) is 0. The fourth-order valence-electron chi connectivity index (χ4n) is 1.97. The lowest BCUT2D eigenvalue weighted by Gasteiger charge is -2.19. The van der Waals surface area contributed by atoms with E-state index < -0.39 is 5.60 Å². The molecule has 1 amide bonds. The van der Waals surface area contributed by atoms with Crippen LogP contribution in [0.25, 0.3) is 6.08 Å². The van der Waals surface area contributed by atoms with Crippen molar-refractivity contribution in [3.63, 3.8) is 0 Å². The maximum atomic E-state index is 11.8. The van der Waals surface area contributed by atoms with Crippen LogP contribution in [0.3, 0.4) is 0 Å². The Bertz CT molecular complexity index is 540. The van der Waals surface area contributed by atoms with Crippen molar-refractivity contribution in [2.75, 3.05) is 6.54 Å². The Morgan fingerprint density at radius 2 is 1.90 bits per heavy atom. The molecule has 0 spiro atoms. The number of carbonyl (C=O) groups is 2. The fraction of sp³-hybridized carbons (Fsp3) is 0.412. The summed E-state index contributed by atoms with van der Waals surface area (Å²) >= 11 is 0. The third-order valence-corrected chi connectivity index (χ3v) is 3.13. The molecule has 1 aromatic rings. The summed E-state index contributed by atoms with van der Waals surface area (Å²) < 4.78 is 5.31. The van der Waals surface area contributed by atoms with Crippen molar-refractivity contribution in [1.82, 2.24) is 4.90 Å². The number of aldehydes is 1. The maximum Gasteiger partial charge on any atom is 0.410 e. The Balaban J connectivity index is 1.78. The molecule has 0 radical (unpaired) electrons. The average molecular weight is 287 g/mol. The van der Waals surface area contributed by atoms with Gasteiger partial charge in [-0.15, -0.1) is 0 Å². The zero-order valence-corrected chi connectivity index (χ0v) is 12.7. The highest BCUT2D eigenvalue weighted by Crippen LogP contribution is 2.25. The van der Waals surface area contributed by atoms with Crippen LogP contribution in [-0.2, 0) is 4.74 Å². The molecule has 0 saturated carbocycles. The zero-order valence-electron chi connectivity index (χ0n) is 12.7. The standard InChI is InChI=1S/C17H21NO3/c1-17(2,3)21-16(20)18-11-15(18)6-4-5-13-7-9-14(12-19)10-8-13/h4-5,7-10,12,15H,6,11H2,1-3H3/b5-4+/t15-,18?/m0/s1. The van der Waals surface area contributed by atoms with Crippen molar-refractivity contribution in [3.8, 4) is 0 Å². The molecule has 112 valence electrons. The van der Waals surface area contributed by atoms with Gasteiger partial charge in [0.25, 0.3) is 0 Å². The van der Waals surface area contributed by atoms with E-state index in [1.165, 1.54) is 0 Å². The Hall–Kier alpha value is -2.10. The van der Waals surface area contributed by atoms with E-state index in [0.29, 0.717) is 5.56 Å². The quantitative estimate of drug-likeness (QED) is 0.628. The van der Waals surface area contributed by atoms with Crippen molar-refractivity contribution >= 4 is 18.5 Å². The van der Waals surface area contributed by atoms with Gasteiger partial charge in [0.05, 0.1) is 6.04 Å². The monoisotopic (exact) mass is 287 g/mol. The first-order valence-corrected chi connectivity index (χ1v) is 7.10. The number of nitrogens with zero attached hydrogens (tertiary/aromatic N) is 1. The van der Waals surface area contributed by atoms with Crippen LogP contribution >= 0.6 is 0 Å².